The van der Waals surface area contributed by atoms with Gasteiger partial charge in [-0.2, -0.15) is 0 Å². The van der Waals surface area contributed by atoms with Crippen molar-refractivity contribution in [2.24, 2.45) is 11.8 Å². The smallest absolute Gasteiger partial charge is 0.407 e. The predicted octanol–water partition coefficient (Wildman–Crippen LogP) is 7.38. The number of carbonyl (C=O) groups is 3. The van der Waals surface area contributed by atoms with Crippen molar-refractivity contribution in [1.29, 1.82) is 0 Å². The number of benzene rings is 3. The lowest BCUT2D eigenvalue weighted by molar-refractivity contribution is -0.149. The topological polar surface area (TPSA) is 154 Å². The van der Waals surface area contributed by atoms with E-state index in [1.54, 1.807) is 0 Å². The Balaban J connectivity index is 0.829. The molecule has 6 aromatic rings. The van der Waals surface area contributed by atoms with Gasteiger partial charge >= 0.3 is 6.09 Å². The molecule has 4 fully saturated rings. The number of aromatic amines is 2. The average Bonchev–Trinajstić information content (AvgIpc) is 3.98. The average molecular weight is 834 g/mol. The summed E-state index contributed by atoms with van der Waals surface area (Å²) in [6, 6.07) is 24.1. The number of ether oxygens (including phenoxy) is 2. The van der Waals surface area contributed by atoms with Crippen molar-refractivity contribution >= 4 is 28.8 Å². The van der Waals surface area contributed by atoms with Crippen LogP contribution in [0.5, 0.6) is 5.75 Å². The number of carbonyl (C=O) groups excluding carboxylic acids is 3. The lowest BCUT2D eigenvalue weighted by Gasteiger charge is -2.46. The minimum atomic E-state index is -0.694. The molecule has 0 bridgehead atoms. The molecule has 0 radical (unpaired) electrons. The summed E-state index contributed by atoms with van der Waals surface area (Å²) in [6.07, 6.45) is 6.69. The number of nitrogens with zero attached hydrogens (tertiary/aromatic N) is 6. The number of amides is 3. The molecule has 3 aromatic carbocycles. The van der Waals surface area contributed by atoms with Crippen LogP contribution >= 0.6 is 0 Å². The summed E-state index contributed by atoms with van der Waals surface area (Å²) in [5.41, 5.74) is 7.60. The van der Waals surface area contributed by atoms with E-state index >= 15 is 0 Å². The van der Waals surface area contributed by atoms with E-state index in [9.17, 15) is 14.4 Å². The lowest BCUT2D eigenvalue weighted by atomic mass is 9.97. The Kier molecular flexibility index (Phi) is 9.07. The summed E-state index contributed by atoms with van der Waals surface area (Å²) in [7, 11) is 1.30. The molecule has 7 heterocycles. The highest BCUT2D eigenvalue weighted by Gasteiger charge is 2.71. The van der Waals surface area contributed by atoms with Crippen molar-refractivity contribution in [1.82, 2.24) is 44.5 Å². The highest BCUT2D eigenvalue weighted by molar-refractivity contribution is 5.92. The molecule has 3 aromatic heterocycles. The van der Waals surface area contributed by atoms with Gasteiger partial charge in [0.1, 0.15) is 35.0 Å². The van der Waals surface area contributed by atoms with E-state index in [2.05, 4.69) is 85.1 Å². The fourth-order valence-electron chi connectivity index (χ4n) is 11.0. The molecule has 14 nitrogen and oxygen atoms in total. The van der Waals surface area contributed by atoms with E-state index in [0.29, 0.717) is 19.2 Å². The van der Waals surface area contributed by atoms with Crippen molar-refractivity contribution in [2.75, 3.05) is 26.7 Å². The first-order valence-corrected chi connectivity index (χ1v) is 22.0. The van der Waals surface area contributed by atoms with Gasteiger partial charge < -0.3 is 39.1 Å². The Hall–Kier alpha value is -6.41. The minimum absolute atomic E-state index is 0.109. The van der Waals surface area contributed by atoms with Crippen molar-refractivity contribution in [3.63, 3.8) is 0 Å². The number of nitrogens with one attached hydrogen (secondary N) is 3. The van der Waals surface area contributed by atoms with Crippen molar-refractivity contribution < 1.29 is 23.9 Å². The fourth-order valence-corrected chi connectivity index (χ4v) is 11.0. The van der Waals surface area contributed by atoms with E-state index in [1.807, 2.05) is 55.4 Å². The van der Waals surface area contributed by atoms with Gasteiger partial charge in [-0.25, -0.2) is 14.8 Å². The molecule has 3 saturated heterocycles. The number of hydrogen-bond acceptors (Lipinski definition) is 8. The van der Waals surface area contributed by atoms with Crippen LogP contribution < -0.4 is 10.1 Å². The highest BCUT2D eigenvalue weighted by atomic mass is 16.5. The van der Waals surface area contributed by atoms with Gasteiger partial charge in [0.05, 0.1) is 48.1 Å². The molecule has 3 amide bonds. The largest absolute Gasteiger partial charge is 0.472 e. The summed E-state index contributed by atoms with van der Waals surface area (Å²) in [5, 5.41) is 3.82. The van der Waals surface area contributed by atoms with Crippen LogP contribution in [0.1, 0.15) is 75.8 Å². The number of piperidine rings is 1. The molecule has 1 saturated carbocycles. The zero-order valence-corrected chi connectivity index (χ0v) is 35.4. The molecule has 11 rings (SSSR count). The highest BCUT2D eigenvalue weighted by Crippen LogP contribution is 2.65. The van der Waals surface area contributed by atoms with Gasteiger partial charge in [0.2, 0.25) is 11.8 Å². The van der Waals surface area contributed by atoms with Gasteiger partial charge in [-0.3, -0.25) is 14.5 Å². The van der Waals surface area contributed by atoms with Gasteiger partial charge in [-0.1, -0.05) is 63.2 Å². The molecule has 2 unspecified atom stereocenters. The molecule has 318 valence electrons. The zero-order chi connectivity index (χ0) is 42.4. The van der Waals surface area contributed by atoms with Gasteiger partial charge in [0.15, 0.2) is 6.73 Å². The quantitative estimate of drug-likeness (QED) is 0.137. The van der Waals surface area contributed by atoms with Gasteiger partial charge in [0.25, 0.3) is 0 Å². The number of likely N-dealkylation sites (N-methyl/N-ethyl adjacent to an activating group) is 1. The van der Waals surface area contributed by atoms with Crippen LogP contribution in [0.25, 0.3) is 44.7 Å². The van der Waals surface area contributed by atoms with E-state index in [4.69, 9.17) is 19.4 Å². The van der Waals surface area contributed by atoms with E-state index in [0.717, 1.165) is 106 Å². The SMILES string of the molecule is CCN1CC2C[C@H]3CC3(c3ncc(-c4ccc5c(c4)cc4n5COc5cc(-c6cnc([C@@H]7CCCN7C(=O)[C@@H](NC(=O)OC)C(C)C)[nH]6)ccc5-4)[nH]3)N2C(=O)[C@@H]1c1ccccc1. The molecule has 5 aliphatic rings. The van der Waals surface area contributed by atoms with Gasteiger partial charge in [-0.05, 0) is 80.0 Å². The van der Waals surface area contributed by atoms with Crippen LogP contribution in [-0.2, 0) is 26.6 Å². The van der Waals surface area contributed by atoms with Crippen LogP contribution in [-0.4, -0.2) is 95.9 Å². The Morgan fingerprint density at radius 2 is 1.79 bits per heavy atom. The third-order valence-electron chi connectivity index (χ3n) is 14.2. The standard InChI is InChI=1S/C48H51N9O5/c1-5-54-25-33-21-32-22-48(32,57(33)45(59)42(54)28-10-7-6-8-11-28)46-50-24-36(52-46)29-14-16-37-31(18-29)19-39-34-15-13-30(20-40(34)62-26-56(37)39)35-23-49-43(51-35)38-12-9-17-55(38)44(58)41(27(2)3)53-47(60)61-4/h6-8,10-11,13-16,18-20,23-24,27,32-33,38,41-42H,5,9,12,17,21-22,25-26H2,1-4H3,(H,49,51)(H,50,52)(H,53,60)/t32-,33?,38-,41-,42-,48?/m0/s1. The predicted molar refractivity (Wildman–Crippen MR) is 232 cm³/mol. The normalized spacial score (nSPS) is 24.4. The molecule has 1 aliphatic carbocycles. The lowest BCUT2D eigenvalue weighted by Crippen LogP contribution is -2.58. The monoisotopic (exact) mass is 833 g/mol. The van der Waals surface area contributed by atoms with Crippen molar-refractivity contribution in [3.8, 4) is 39.5 Å². The van der Waals surface area contributed by atoms with Crippen molar-refractivity contribution in [3.05, 3.63) is 102 Å². The number of aromatic nitrogens is 5. The number of imidazole rings is 2. The first-order chi connectivity index (χ1) is 30.2. The van der Waals surface area contributed by atoms with Crippen LogP contribution in [0, 0.1) is 11.8 Å². The number of methoxy groups -OCH3 is 1. The first-order valence-electron chi connectivity index (χ1n) is 22.0. The summed E-state index contributed by atoms with van der Waals surface area (Å²) in [4.78, 5) is 63.4. The molecular weight excluding hydrogens is 783 g/mol. The third kappa shape index (κ3) is 5.97. The summed E-state index contributed by atoms with van der Waals surface area (Å²) >= 11 is 0. The van der Waals surface area contributed by atoms with Gasteiger partial charge in [0, 0.05) is 41.2 Å². The maximum atomic E-state index is 14.4. The van der Waals surface area contributed by atoms with Gasteiger partial charge in [-0.15, -0.1) is 0 Å². The van der Waals surface area contributed by atoms with Crippen LogP contribution in [0.2, 0.25) is 0 Å². The molecular formula is C48H51N9O5. The number of fused-ring (bicyclic) bond motifs is 8. The Morgan fingerprint density at radius 1 is 1.00 bits per heavy atom. The number of likely N-dealkylation sites (tertiary alicyclic amines) is 1. The maximum absolute atomic E-state index is 14.4. The number of piperazine rings is 1. The first kappa shape index (κ1) is 38.5. The third-order valence-corrected chi connectivity index (χ3v) is 14.2. The summed E-state index contributed by atoms with van der Waals surface area (Å²) in [6.45, 7) is 8.65. The number of hydrogen-bond donors (Lipinski definition) is 3. The van der Waals surface area contributed by atoms with E-state index in [-0.39, 0.29) is 41.4 Å². The minimum Gasteiger partial charge on any atom is -0.472 e. The molecule has 6 atom stereocenters. The second-order valence-electron chi connectivity index (χ2n) is 17.9. The van der Waals surface area contributed by atoms with E-state index < -0.39 is 12.1 Å². The Bertz CT molecular complexity index is 2740. The fraction of sp³-hybridized carbons (Fsp3) is 0.396. The molecule has 0 spiro atoms. The Morgan fingerprint density at radius 3 is 2.60 bits per heavy atom. The molecule has 3 N–H and O–H groups in total. The van der Waals surface area contributed by atoms with Crippen molar-refractivity contribution in [2.45, 2.75) is 82.9 Å². The summed E-state index contributed by atoms with van der Waals surface area (Å²) in [5.74, 6) is 2.75. The van der Waals surface area contributed by atoms with Crippen LogP contribution in [0.4, 0.5) is 4.79 Å². The second-order valence-corrected chi connectivity index (χ2v) is 17.9. The summed E-state index contributed by atoms with van der Waals surface area (Å²) < 4.78 is 13.4. The van der Waals surface area contributed by atoms with Crippen LogP contribution in [0.3, 0.4) is 0 Å². The Labute approximate surface area is 359 Å². The molecule has 14 heteroatoms. The number of H-pyrrole nitrogens is 2. The second kappa shape index (κ2) is 14.6. The zero-order valence-electron chi connectivity index (χ0n) is 35.4. The number of alkyl carbamates (subject to hydrolysis) is 1. The molecule has 62 heavy (non-hydrogen) atoms. The molecule has 4 aliphatic heterocycles. The van der Waals surface area contributed by atoms with E-state index in [1.165, 1.54) is 7.11 Å². The van der Waals surface area contributed by atoms with Crippen LogP contribution in [0.15, 0.2) is 85.2 Å². The number of rotatable bonds is 9. The maximum Gasteiger partial charge on any atom is 0.407 e.